The van der Waals surface area contributed by atoms with Crippen LogP contribution in [0.5, 0.6) is 5.88 Å². The van der Waals surface area contributed by atoms with Gasteiger partial charge in [-0.1, -0.05) is 29.4 Å². The summed E-state index contributed by atoms with van der Waals surface area (Å²) >= 11 is 7.04. The standard InChI is InChI=1S/C19H19ClN4O3S/c1-12(2)26-17-14(4-3-9-21-17)10-22-16(25)11-28-19-24-23-18(27-19)13-5-7-15(20)8-6-13/h3-9,12H,10-11H2,1-2H3,(H,22,25). The number of nitrogens with one attached hydrogen (secondary N) is 1. The number of carbonyl (C=O) groups is 1. The summed E-state index contributed by atoms with van der Waals surface area (Å²) in [6.07, 6.45) is 1.67. The van der Waals surface area contributed by atoms with Crippen molar-refractivity contribution in [3.05, 3.63) is 53.2 Å². The monoisotopic (exact) mass is 418 g/mol. The van der Waals surface area contributed by atoms with Crippen molar-refractivity contribution in [2.24, 2.45) is 0 Å². The summed E-state index contributed by atoms with van der Waals surface area (Å²) in [7, 11) is 0. The molecule has 0 fully saturated rings. The SMILES string of the molecule is CC(C)Oc1ncccc1CNC(=O)CSc1nnc(-c2ccc(Cl)cc2)o1. The molecule has 1 aromatic carbocycles. The van der Waals surface area contributed by atoms with Crippen molar-refractivity contribution in [3.8, 4) is 17.3 Å². The molecular weight excluding hydrogens is 400 g/mol. The summed E-state index contributed by atoms with van der Waals surface area (Å²) in [5, 5.41) is 11.7. The van der Waals surface area contributed by atoms with E-state index < -0.39 is 0 Å². The number of hydrogen-bond acceptors (Lipinski definition) is 7. The van der Waals surface area contributed by atoms with E-state index in [4.69, 9.17) is 20.8 Å². The van der Waals surface area contributed by atoms with Gasteiger partial charge in [-0.15, -0.1) is 10.2 Å². The van der Waals surface area contributed by atoms with Gasteiger partial charge < -0.3 is 14.5 Å². The molecule has 0 spiro atoms. The number of amides is 1. The second-order valence-electron chi connectivity index (χ2n) is 6.08. The Morgan fingerprint density at radius 3 is 2.79 bits per heavy atom. The lowest BCUT2D eigenvalue weighted by molar-refractivity contribution is -0.118. The predicted molar refractivity (Wildman–Crippen MR) is 107 cm³/mol. The van der Waals surface area contributed by atoms with E-state index in [1.54, 1.807) is 36.5 Å². The minimum absolute atomic E-state index is 0.00673. The van der Waals surface area contributed by atoms with Gasteiger partial charge in [-0.2, -0.15) is 0 Å². The van der Waals surface area contributed by atoms with Crippen molar-refractivity contribution < 1.29 is 13.9 Å². The van der Waals surface area contributed by atoms with Gasteiger partial charge in [-0.05, 0) is 44.2 Å². The number of benzene rings is 1. The van der Waals surface area contributed by atoms with Gasteiger partial charge in [0.15, 0.2) is 0 Å². The summed E-state index contributed by atoms with van der Waals surface area (Å²) in [5.41, 5.74) is 1.58. The molecule has 146 valence electrons. The van der Waals surface area contributed by atoms with Gasteiger partial charge in [0.05, 0.1) is 11.9 Å². The van der Waals surface area contributed by atoms with Crippen molar-refractivity contribution in [2.45, 2.75) is 31.7 Å². The zero-order chi connectivity index (χ0) is 19.9. The van der Waals surface area contributed by atoms with Crippen LogP contribution in [0, 0.1) is 0 Å². The number of nitrogens with zero attached hydrogens (tertiary/aromatic N) is 3. The van der Waals surface area contributed by atoms with Crippen LogP contribution < -0.4 is 10.1 Å². The van der Waals surface area contributed by atoms with Crippen LogP contribution in [-0.4, -0.2) is 32.9 Å². The average molecular weight is 419 g/mol. The lowest BCUT2D eigenvalue weighted by Gasteiger charge is -2.13. The molecule has 0 aliphatic carbocycles. The Balaban J connectivity index is 1.51. The molecule has 3 rings (SSSR count). The van der Waals surface area contributed by atoms with Crippen molar-refractivity contribution in [3.63, 3.8) is 0 Å². The highest BCUT2D eigenvalue weighted by atomic mass is 35.5. The third kappa shape index (κ3) is 5.71. The first-order valence-corrected chi connectivity index (χ1v) is 9.97. The topological polar surface area (TPSA) is 90.1 Å². The fraction of sp³-hybridized carbons (Fsp3) is 0.263. The molecule has 28 heavy (non-hydrogen) atoms. The minimum atomic E-state index is -0.157. The fourth-order valence-electron chi connectivity index (χ4n) is 2.24. The summed E-state index contributed by atoms with van der Waals surface area (Å²) in [6.45, 7) is 4.18. The fourth-order valence-corrected chi connectivity index (χ4v) is 2.96. The van der Waals surface area contributed by atoms with E-state index in [1.165, 1.54) is 11.8 Å². The zero-order valence-electron chi connectivity index (χ0n) is 15.4. The first-order valence-electron chi connectivity index (χ1n) is 8.61. The van der Waals surface area contributed by atoms with Crippen LogP contribution in [0.3, 0.4) is 0 Å². The summed E-state index contributed by atoms with van der Waals surface area (Å²) in [5.74, 6) is 0.902. The van der Waals surface area contributed by atoms with E-state index in [9.17, 15) is 4.79 Å². The number of pyridine rings is 1. The third-order valence-corrected chi connectivity index (χ3v) is 4.57. The van der Waals surface area contributed by atoms with Gasteiger partial charge in [-0.3, -0.25) is 4.79 Å². The van der Waals surface area contributed by atoms with Crippen LogP contribution in [0.4, 0.5) is 0 Å². The van der Waals surface area contributed by atoms with E-state index in [0.29, 0.717) is 28.6 Å². The van der Waals surface area contributed by atoms with Crippen LogP contribution in [0.25, 0.3) is 11.5 Å². The largest absolute Gasteiger partial charge is 0.475 e. The van der Waals surface area contributed by atoms with Crippen LogP contribution in [0.1, 0.15) is 19.4 Å². The lowest BCUT2D eigenvalue weighted by Crippen LogP contribution is -2.25. The van der Waals surface area contributed by atoms with Crippen molar-refractivity contribution in [1.82, 2.24) is 20.5 Å². The number of rotatable bonds is 8. The molecule has 0 radical (unpaired) electrons. The molecule has 0 unspecified atom stereocenters. The van der Waals surface area contributed by atoms with Gasteiger partial charge in [0.2, 0.25) is 17.7 Å². The van der Waals surface area contributed by atoms with Gasteiger partial charge in [0, 0.05) is 28.9 Å². The molecule has 0 saturated heterocycles. The first-order chi connectivity index (χ1) is 13.5. The Kier molecular flexibility index (Phi) is 6.89. The molecule has 1 N–H and O–H groups in total. The second kappa shape index (κ2) is 9.57. The molecule has 0 aliphatic rings. The molecule has 0 bridgehead atoms. The number of carbonyl (C=O) groups excluding carboxylic acids is 1. The van der Waals surface area contributed by atoms with Crippen LogP contribution in [0.15, 0.2) is 52.2 Å². The number of thioether (sulfide) groups is 1. The molecule has 0 atom stereocenters. The Morgan fingerprint density at radius 1 is 1.25 bits per heavy atom. The summed E-state index contributed by atoms with van der Waals surface area (Å²) in [6, 6.07) is 10.8. The third-order valence-electron chi connectivity index (χ3n) is 3.50. The molecule has 2 aromatic heterocycles. The normalized spacial score (nSPS) is 10.9. The Morgan fingerprint density at radius 2 is 2.04 bits per heavy atom. The summed E-state index contributed by atoms with van der Waals surface area (Å²) < 4.78 is 11.2. The van der Waals surface area contributed by atoms with E-state index >= 15 is 0 Å². The maximum Gasteiger partial charge on any atom is 0.277 e. The number of halogens is 1. The predicted octanol–water partition coefficient (Wildman–Crippen LogP) is 3.98. The number of aromatic nitrogens is 3. The molecule has 0 saturated carbocycles. The van der Waals surface area contributed by atoms with E-state index in [0.717, 1.165) is 11.1 Å². The Hall–Kier alpha value is -2.58. The van der Waals surface area contributed by atoms with Gasteiger partial charge in [-0.25, -0.2) is 4.98 Å². The van der Waals surface area contributed by atoms with Crippen molar-refractivity contribution in [1.29, 1.82) is 0 Å². The molecule has 2 heterocycles. The maximum atomic E-state index is 12.1. The van der Waals surface area contributed by atoms with E-state index in [-0.39, 0.29) is 17.8 Å². The van der Waals surface area contributed by atoms with Gasteiger partial charge >= 0.3 is 0 Å². The quantitative estimate of drug-likeness (QED) is 0.553. The lowest BCUT2D eigenvalue weighted by atomic mass is 10.2. The summed E-state index contributed by atoms with van der Waals surface area (Å²) in [4.78, 5) is 16.3. The molecule has 1 amide bonds. The Labute approximate surface area is 171 Å². The number of ether oxygens (including phenoxy) is 1. The van der Waals surface area contributed by atoms with E-state index in [1.807, 2.05) is 19.9 Å². The molecule has 0 aliphatic heterocycles. The maximum absolute atomic E-state index is 12.1. The molecular formula is C19H19ClN4O3S. The van der Waals surface area contributed by atoms with Gasteiger partial charge in [0.25, 0.3) is 5.22 Å². The average Bonchev–Trinajstić information content (AvgIpc) is 3.15. The molecule has 3 aromatic rings. The highest BCUT2D eigenvalue weighted by molar-refractivity contribution is 7.99. The first kappa shape index (κ1) is 20.2. The van der Waals surface area contributed by atoms with Crippen molar-refractivity contribution >= 4 is 29.3 Å². The second-order valence-corrected chi connectivity index (χ2v) is 7.44. The molecule has 7 nitrogen and oxygen atoms in total. The molecule has 9 heteroatoms. The van der Waals surface area contributed by atoms with E-state index in [2.05, 4.69) is 20.5 Å². The van der Waals surface area contributed by atoms with Crippen LogP contribution >= 0.6 is 23.4 Å². The highest BCUT2D eigenvalue weighted by Crippen LogP contribution is 2.24. The highest BCUT2D eigenvalue weighted by Gasteiger charge is 2.12. The Bertz CT molecular complexity index is 931. The number of hydrogen-bond donors (Lipinski definition) is 1. The van der Waals surface area contributed by atoms with Crippen LogP contribution in [0.2, 0.25) is 5.02 Å². The van der Waals surface area contributed by atoms with Crippen molar-refractivity contribution in [2.75, 3.05) is 5.75 Å². The smallest absolute Gasteiger partial charge is 0.277 e. The minimum Gasteiger partial charge on any atom is -0.475 e. The van der Waals surface area contributed by atoms with Gasteiger partial charge in [0.1, 0.15) is 0 Å². The zero-order valence-corrected chi connectivity index (χ0v) is 17.0. The van der Waals surface area contributed by atoms with Crippen LogP contribution in [-0.2, 0) is 11.3 Å².